The second-order valence-corrected chi connectivity index (χ2v) is 4.68. The molecule has 0 aliphatic heterocycles. The van der Waals surface area contributed by atoms with Crippen LogP contribution in [-0.2, 0) is 0 Å². The molecule has 2 nitrogen and oxygen atoms in total. The molecule has 0 fully saturated rings. The predicted octanol–water partition coefficient (Wildman–Crippen LogP) is 4.95. The predicted molar refractivity (Wildman–Crippen MR) is 85.9 cm³/mol. The van der Waals surface area contributed by atoms with E-state index in [4.69, 9.17) is 4.74 Å². The van der Waals surface area contributed by atoms with Crippen LogP contribution in [0.15, 0.2) is 60.3 Å². The highest BCUT2D eigenvalue weighted by Gasteiger charge is 1.99. The zero-order valence-corrected chi connectivity index (χ0v) is 12.1. The molecule has 104 valence electrons. The molecule has 0 radical (unpaired) electrons. The van der Waals surface area contributed by atoms with Crippen LogP contribution in [0.5, 0.6) is 5.75 Å². The number of hydrogen-bond donors (Lipinski definition) is 1. The van der Waals surface area contributed by atoms with Crippen LogP contribution in [0.2, 0.25) is 0 Å². The number of benzene rings is 2. The van der Waals surface area contributed by atoms with E-state index in [1.54, 1.807) is 7.11 Å². The summed E-state index contributed by atoms with van der Waals surface area (Å²) >= 11 is 0. The summed E-state index contributed by atoms with van der Waals surface area (Å²) in [4.78, 5) is 0. The van der Waals surface area contributed by atoms with E-state index in [9.17, 15) is 0 Å². The molecule has 0 amide bonds. The van der Waals surface area contributed by atoms with Crippen molar-refractivity contribution in [1.29, 1.82) is 0 Å². The Labute approximate surface area is 121 Å². The fourth-order valence-electron chi connectivity index (χ4n) is 2.05. The summed E-state index contributed by atoms with van der Waals surface area (Å²) in [6, 6.07) is 18.4. The molecule has 0 aromatic heterocycles. The average Bonchev–Trinajstić information content (AvgIpc) is 2.49. The van der Waals surface area contributed by atoms with E-state index in [0.29, 0.717) is 0 Å². The first kappa shape index (κ1) is 14.2. The van der Waals surface area contributed by atoms with Crippen molar-refractivity contribution in [2.45, 2.75) is 19.8 Å². The van der Waals surface area contributed by atoms with Crippen LogP contribution < -0.4 is 10.1 Å². The monoisotopic (exact) mass is 267 g/mol. The van der Waals surface area contributed by atoms with Gasteiger partial charge in [-0.05, 0) is 42.3 Å². The van der Waals surface area contributed by atoms with Gasteiger partial charge in [-0.1, -0.05) is 43.7 Å². The van der Waals surface area contributed by atoms with Gasteiger partial charge in [0.15, 0.2) is 0 Å². The van der Waals surface area contributed by atoms with Gasteiger partial charge in [0.1, 0.15) is 5.75 Å². The fraction of sp³-hybridized carbons (Fsp3) is 0.222. The molecule has 2 aromatic carbocycles. The second kappa shape index (κ2) is 7.39. The number of methoxy groups -OCH3 is 1. The standard InChI is InChI=1S/C18H21NO/c1-3-7-17(19-16-8-5-4-6-9-16)14-15-10-12-18(20-2)13-11-15/h4-6,8-14,19H,3,7H2,1-2H3/b17-14+. The first-order valence-electron chi connectivity index (χ1n) is 6.98. The Bertz CT molecular complexity index is 543. The minimum absolute atomic E-state index is 0.884. The van der Waals surface area contributed by atoms with Crippen LogP contribution in [0.25, 0.3) is 6.08 Å². The van der Waals surface area contributed by atoms with Crippen molar-refractivity contribution in [1.82, 2.24) is 0 Å². The lowest BCUT2D eigenvalue weighted by atomic mass is 10.1. The van der Waals surface area contributed by atoms with Gasteiger partial charge in [0.25, 0.3) is 0 Å². The molecule has 0 aliphatic rings. The molecule has 0 saturated carbocycles. The molecule has 0 atom stereocenters. The minimum Gasteiger partial charge on any atom is -0.497 e. The molecule has 0 spiro atoms. The minimum atomic E-state index is 0.884. The molecule has 0 bridgehead atoms. The number of nitrogens with one attached hydrogen (secondary N) is 1. The molecular weight excluding hydrogens is 246 g/mol. The second-order valence-electron chi connectivity index (χ2n) is 4.68. The molecule has 2 rings (SSSR count). The highest BCUT2D eigenvalue weighted by Crippen LogP contribution is 2.18. The van der Waals surface area contributed by atoms with Crippen molar-refractivity contribution in [2.75, 3.05) is 12.4 Å². The van der Waals surface area contributed by atoms with Crippen molar-refractivity contribution in [3.8, 4) is 5.75 Å². The summed E-state index contributed by atoms with van der Waals surface area (Å²) < 4.78 is 5.18. The first-order valence-corrected chi connectivity index (χ1v) is 6.98. The van der Waals surface area contributed by atoms with Gasteiger partial charge in [0, 0.05) is 11.4 Å². The fourth-order valence-corrected chi connectivity index (χ4v) is 2.05. The molecule has 0 saturated heterocycles. The van der Waals surface area contributed by atoms with E-state index in [1.807, 2.05) is 30.3 Å². The quantitative estimate of drug-likeness (QED) is 0.799. The number of allylic oxidation sites excluding steroid dienone is 1. The zero-order chi connectivity index (χ0) is 14.2. The largest absolute Gasteiger partial charge is 0.497 e. The Kier molecular flexibility index (Phi) is 5.24. The number of para-hydroxylation sites is 1. The van der Waals surface area contributed by atoms with Gasteiger partial charge in [-0.3, -0.25) is 0 Å². The Hall–Kier alpha value is -2.22. The van der Waals surface area contributed by atoms with Crippen LogP contribution in [0, 0.1) is 0 Å². The van der Waals surface area contributed by atoms with E-state index >= 15 is 0 Å². The summed E-state index contributed by atoms with van der Waals surface area (Å²) in [7, 11) is 1.68. The maximum Gasteiger partial charge on any atom is 0.118 e. The van der Waals surface area contributed by atoms with Crippen LogP contribution in [0.1, 0.15) is 25.3 Å². The molecule has 2 aromatic rings. The van der Waals surface area contributed by atoms with Gasteiger partial charge >= 0.3 is 0 Å². The van der Waals surface area contributed by atoms with Crippen molar-refractivity contribution >= 4 is 11.8 Å². The van der Waals surface area contributed by atoms with Crippen LogP contribution in [0.4, 0.5) is 5.69 Å². The maximum absolute atomic E-state index is 5.18. The zero-order valence-electron chi connectivity index (χ0n) is 12.1. The third-order valence-corrected chi connectivity index (χ3v) is 3.05. The lowest BCUT2D eigenvalue weighted by Gasteiger charge is -2.10. The third-order valence-electron chi connectivity index (χ3n) is 3.05. The Balaban J connectivity index is 2.16. The highest BCUT2D eigenvalue weighted by atomic mass is 16.5. The summed E-state index contributed by atoms with van der Waals surface area (Å²) in [5.41, 5.74) is 3.53. The average molecular weight is 267 g/mol. The Morgan fingerprint density at radius 1 is 1.05 bits per heavy atom. The first-order chi connectivity index (χ1) is 9.81. The summed E-state index contributed by atoms with van der Waals surface area (Å²) in [5, 5.41) is 3.49. The summed E-state index contributed by atoms with van der Waals surface area (Å²) in [6.07, 6.45) is 4.33. The van der Waals surface area contributed by atoms with Gasteiger partial charge in [-0.2, -0.15) is 0 Å². The van der Waals surface area contributed by atoms with Gasteiger partial charge in [-0.25, -0.2) is 0 Å². The SMILES string of the molecule is CCC/C(=C\c1ccc(OC)cc1)Nc1ccccc1. The van der Waals surface area contributed by atoms with E-state index in [2.05, 4.69) is 42.6 Å². The van der Waals surface area contributed by atoms with E-state index in [0.717, 1.165) is 24.3 Å². The van der Waals surface area contributed by atoms with Crippen LogP contribution >= 0.6 is 0 Å². The lowest BCUT2D eigenvalue weighted by Crippen LogP contribution is -1.99. The Morgan fingerprint density at radius 2 is 1.75 bits per heavy atom. The molecule has 2 heteroatoms. The number of ether oxygens (including phenoxy) is 1. The molecule has 0 unspecified atom stereocenters. The van der Waals surface area contributed by atoms with Crippen molar-refractivity contribution < 1.29 is 4.74 Å². The number of anilines is 1. The number of rotatable bonds is 6. The van der Waals surface area contributed by atoms with Crippen molar-refractivity contribution in [2.24, 2.45) is 0 Å². The van der Waals surface area contributed by atoms with Gasteiger partial charge < -0.3 is 10.1 Å². The summed E-state index contributed by atoms with van der Waals surface area (Å²) in [6.45, 7) is 2.19. The highest BCUT2D eigenvalue weighted by molar-refractivity contribution is 5.60. The van der Waals surface area contributed by atoms with Crippen molar-refractivity contribution in [3.05, 3.63) is 65.9 Å². The van der Waals surface area contributed by atoms with Crippen LogP contribution in [-0.4, -0.2) is 7.11 Å². The Morgan fingerprint density at radius 3 is 2.35 bits per heavy atom. The van der Waals surface area contributed by atoms with E-state index in [1.165, 1.54) is 11.3 Å². The molecule has 1 N–H and O–H groups in total. The summed E-state index contributed by atoms with van der Waals surface area (Å²) in [5.74, 6) is 0.884. The third kappa shape index (κ3) is 4.16. The van der Waals surface area contributed by atoms with Gasteiger partial charge in [0.2, 0.25) is 0 Å². The van der Waals surface area contributed by atoms with Gasteiger partial charge in [0.05, 0.1) is 7.11 Å². The van der Waals surface area contributed by atoms with E-state index in [-0.39, 0.29) is 0 Å². The lowest BCUT2D eigenvalue weighted by molar-refractivity contribution is 0.415. The number of hydrogen-bond acceptors (Lipinski definition) is 2. The smallest absolute Gasteiger partial charge is 0.118 e. The van der Waals surface area contributed by atoms with E-state index < -0.39 is 0 Å². The topological polar surface area (TPSA) is 21.3 Å². The van der Waals surface area contributed by atoms with Gasteiger partial charge in [-0.15, -0.1) is 0 Å². The molecule has 0 aliphatic carbocycles. The molecule has 20 heavy (non-hydrogen) atoms. The molecular formula is C18H21NO. The normalized spacial score (nSPS) is 11.2. The molecule has 0 heterocycles. The van der Waals surface area contributed by atoms with Crippen LogP contribution in [0.3, 0.4) is 0 Å². The maximum atomic E-state index is 5.18. The van der Waals surface area contributed by atoms with Crippen molar-refractivity contribution in [3.63, 3.8) is 0 Å².